The lowest BCUT2D eigenvalue weighted by atomic mass is 9.87. The smallest absolute Gasteiger partial charge is 0.407 e. The van der Waals surface area contributed by atoms with Crippen LogP contribution in [0.1, 0.15) is 18.5 Å². The Balaban J connectivity index is 1.69. The van der Waals surface area contributed by atoms with Gasteiger partial charge in [0.1, 0.15) is 5.92 Å². The highest BCUT2D eigenvalue weighted by Crippen LogP contribution is 2.38. The van der Waals surface area contributed by atoms with E-state index in [4.69, 9.17) is 28.3 Å². The number of aromatic nitrogens is 2. The summed E-state index contributed by atoms with van der Waals surface area (Å²) in [7, 11) is 0. The van der Waals surface area contributed by atoms with E-state index >= 15 is 0 Å². The van der Waals surface area contributed by atoms with E-state index in [9.17, 15) is 9.59 Å². The first kappa shape index (κ1) is 19.7. The number of rotatable bonds is 2. The molecule has 2 aliphatic rings. The zero-order valence-electron chi connectivity index (χ0n) is 15.6. The van der Waals surface area contributed by atoms with Crippen molar-refractivity contribution in [2.45, 2.75) is 13.0 Å². The quantitative estimate of drug-likeness (QED) is 0.782. The molecule has 4 rings (SSSR count). The van der Waals surface area contributed by atoms with Gasteiger partial charge in [0.2, 0.25) is 5.91 Å². The lowest BCUT2D eigenvalue weighted by Crippen LogP contribution is -2.53. The number of nitrogens with zero attached hydrogens (tertiary/aromatic N) is 5. The van der Waals surface area contributed by atoms with E-state index in [0.717, 1.165) is 5.56 Å². The normalized spacial score (nSPS) is 21.6. The van der Waals surface area contributed by atoms with Gasteiger partial charge >= 0.3 is 6.09 Å². The number of hydrogen-bond acceptors (Lipinski definition) is 4. The maximum Gasteiger partial charge on any atom is 0.407 e. The number of hydrogen-bond donors (Lipinski definition) is 1. The lowest BCUT2D eigenvalue weighted by Gasteiger charge is -2.38. The van der Waals surface area contributed by atoms with Crippen LogP contribution in [0.2, 0.25) is 10.0 Å². The maximum absolute atomic E-state index is 13.5. The first-order valence-electron chi connectivity index (χ1n) is 9.17. The highest BCUT2D eigenvalue weighted by molar-refractivity contribution is 6.42. The Hall–Kier alpha value is -2.58. The Kier molecular flexibility index (Phi) is 5.23. The first-order valence-corrected chi connectivity index (χ1v) is 9.92. The van der Waals surface area contributed by atoms with Gasteiger partial charge in [-0.05, 0) is 24.6 Å². The molecule has 10 heteroatoms. The molecule has 152 valence electrons. The van der Waals surface area contributed by atoms with Crippen molar-refractivity contribution in [2.24, 2.45) is 10.9 Å². The second kappa shape index (κ2) is 7.68. The summed E-state index contributed by atoms with van der Waals surface area (Å²) in [6, 6.07) is 6.67. The number of fused-ring (bicyclic) bond motifs is 1. The van der Waals surface area contributed by atoms with Gasteiger partial charge in [-0.3, -0.25) is 4.79 Å². The third kappa shape index (κ3) is 3.58. The van der Waals surface area contributed by atoms with Gasteiger partial charge in [-0.2, -0.15) is 5.10 Å². The van der Waals surface area contributed by atoms with Crippen LogP contribution in [0.5, 0.6) is 0 Å². The van der Waals surface area contributed by atoms with Gasteiger partial charge in [-0.1, -0.05) is 29.3 Å². The van der Waals surface area contributed by atoms with Crippen LogP contribution in [0.15, 0.2) is 35.5 Å². The largest absolute Gasteiger partial charge is 0.465 e. The molecule has 2 atom stereocenters. The molecule has 0 spiro atoms. The average Bonchev–Trinajstić information content (AvgIpc) is 3.16. The molecule has 0 aliphatic carbocycles. The zero-order valence-corrected chi connectivity index (χ0v) is 17.1. The summed E-state index contributed by atoms with van der Waals surface area (Å²) < 4.78 is 1.72. The second-order valence-electron chi connectivity index (χ2n) is 7.08. The van der Waals surface area contributed by atoms with Crippen molar-refractivity contribution < 1.29 is 14.7 Å². The average molecular weight is 436 g/mol. The van der Waals surface area contributed by atoms with Crippen molar-refractivity contribution in [2.75, 3.05) is 26.2 Å². The minimum absolute atomic E-state index is 0.103. The summed E-state index contributed by atoms with van der Waals surface area (Å²) in [4.78, 5) is 32.2. The van der Waals surface area contributed by atoms with Crippen molar-refractivity contribution in [3.05, 3.63) is 46.1 Å². The molecule has 0 radical (unpaired) electrons. The van der Waals surface area contributed by atoms with Gasteiger partial charge in [0.05, 0.1) is 22.3 Å². The van der Waals surface area contributed by atoms with Crippen molar-refractivity contribution >= 4 is 46.7 Å². The lowest BCUT2D eigenvalue weighted by molar-refractivity contribution is -0.135. The van der Waals surface area contributed by atoms with E-state index < -0.39 is 18.1 Å². The summed E-state index contributed by atoms with van der Waals surface area (Å²) in [5, 5.41) is 14.4. The van der Waals surface area contributed by atoms with Crippen LogP contribution in [0.25, 0.3) is 0 Å². The van der Waals surface area contributed by atoms with Crippen LogP contribution in [0, 0.1) is 5.92 Å². The summed E-state index contributed by atoms with van der Waals surface area (Å²) >= 11 is 12.3. The molecule has 29 heavy (non-hydrogen) atoms. The molecule has 2 amide bonds. The highest BCUT2D eigenvalue weighted by Gasteiger charge is 2.41. The zero-order chi connectivity index (χ0) is 20.7. The highest BCUT2D eigenvalue weighted by atomic mass is 35.5. The van der Waals surface area contributed by atoms with Gasteiger partial charge in [0.25, 0.3) is 0 Å². The standard InChI is InChI=1S/C19H19Cl2N5O3/c1-11-16(18(27)24-6-8-25(9-7-24)19(28)29)17(26-15(23-11)4-5-22-26)12-2-3-13(20)14(21)10-12/h2-5,10,16-17H,6-9H2,1H3,(H,28,29). The third-order valence-corrected chi connectivity index (χ3v) is 6.12. The van der Waals surface area contributed by atoms with E-state index in [1.807, 2.05) is 13.0 Å². The van der Waals surface area contributed by atoms with Crippen LogP contribution >= 0.6 is 23.2 Å². The van der Waals surface area contributed by atoms with Crippen LogP contribution in [0.4, 0.5) is 10.6 Å². The Morgan fingerprint density at radius 1 is 1.07 bits per heavy atom. The number of carbonyl (C=O) groups excluding carboxylic acids is 1. The summed E-state index contributed by atoms with van der Waals surface area (Å²) in [5.41, 5.74) is 1.49. The van der Waals surface area contributed by atoms with Gasteiger partial charge in [0.15, 0.2) is 5.82 Å². The number of carbonyl (C=O) groups is 2. The Bertz CT molecular complexity index is 997. The number of carboxylic acid groups (broad SMARTS) is 1. The molecule has 1 N–H and O–H groups in total. The second-order valence-corrected chi connectivity index (χ2v) is 7.89. The fraction of sp³-hybridized carbons (Fsp3) is 0.368. The molecular weight excluding hydrogens is 417 g/mol. The van der Waals surface area contributed by atoms with E-state index in [1.165, 1.54) is 4.90 Å². The Morgan fingerprint density at radius 2 is 1.76 bits per heavy atom. The minimum Gasteiger partial charge on any atom is -0.465 e. The summed E-state index contributed by atoms with van der Waals surface area (Å²) in [6.07, 6.45) is 0.678. The molecular formula is C19H19Cl2N5O3. The Morgan fingerprint density at radius 3 is 2.41 bits per heavy atom. The predicted molar refractivity (Wildman–Crippen MR) is 109 cm³/mol. The predicted octanol–water partition coefficient (Wildman–Crippen LogP) is 3.32. The van der Waals surface area contributed by atoms with Crippen LogP contribution in [0.3, 0.4) is 0 Å². The maximum atomic E-state index is 13.5. The van der Waals surface area contributed by atoms with Crippen molar-refractivity contribution in [1.82, 2.24) is 19.6 Å². The van der Waals surface area contributed by atoms with Crippen molar-refractivity contribution in [3.63, 3.8) is 0 Å². The molecule has 1 aromatic carbocycles. The molecule has 2 unspecified atom stereocenters. The number of piperazine rings is 1. The number of benzene rings is 1. The number of halogens is 2. The molecule has 2 aromatic rings. The SMILES string of the molecule is CC1=Nc2ccnn2C(c2ccc(Cl)c(Cl)c2)C1C(=O)N1CCN(C(=O)O)CC1. The number of amides is 2. The fourth-order valence-electron chi connectivity index (χ4n) is 3.89. The van der Waals surface area contributed by atoms with E-state index in [2.05, 4.69) is 10.1 Å². The van der Waals surface area contributed by atoms with Crippen molar-refractivity contribution in [3.8, 4) is 0 Å². The van der Waals surface area contributed by atoms with E-state index in [0.29, 0.717) is 34.7 Å². The van der Waals surface area contributed by atoms with Crippen LogP contribution in [-0.2, 0) is 4.79 Å². The van der Waals surface area contributed by atoms with Crippen molar-refractivity contribution in [1.29, 1.82) is 0 Å². The summed E-state index contributed by atoms with van der Waals surface area (Å²) in [5.74, 6) is -0.0112. The van der Waals surface area contributed by atoms with Crippen LogP contribution < -0.4 is 0 Å². The first-order chi connectivity index (χ1) is 13.9. The molecule has 1 saturated heterocycles. The third-order valence-electron chi connectivity index (χ3n) is 5.38. The molecule has 0 saturated carbocycles. The molecule has 2 aliphatic heterocycles. The van der Waals surface area contributed by atoms with Gasteiger partial charge in [-0.25, -0.2) is 14.5 Å². The van der Waals surface area contributed by atoms with Gasteiger partial charge in [0, 0.05) is 38.0 Å². The molecule has 3 heterocycles. The molecule has 1 aromatic heterocycles. The monoisotopic (exact) mass is 435 g/mol. The molecule has 1 fully saturated rings. The summed E-state index contributed by atoms with van der Waals surface area (Å²) in [6.45, 7) is 3.09. The van der Waals surface area contributed by atoms with E-state index in [1.54, 1.807) is 34.0 Å². The minimum atomic E-state index is -0.970. The fourth-order valence-corrected chi connectivity index (χ4v) is 4.20. The Labute approximate surface area is 177 Å². The van der Waals surface area contributed by atoms with Gasteiger partial charge < -0.3 is 14.9 Å². The number of aliphatic imine (C=N–C) groups is 1. The topological polar surface area (TPSA) is 91.0 Å². The van der Waals surface area contributed by atoms with Gasteiger partial charge in [-0.15, -0.1) is 0 Å². The molecule has 0 bridgehead atoms. The van der Waals surface area contributed by atoms with Crippen LogP contribution in [-0.4, -0.2) is 68.6 Å². The molecule has 8 nitrogen and oxygen atoms in total. The van der Waals surface area contributed by atoms with E-state index in [-0.39, 0.29) is 19.0 Å².